The smallest absolute Gasteiger partial charge is 0.371 e. The molecule has 0 unspecified atom stereocenters. The van der Waals surface area contributed by atoms with Crippen molar-refractivity contribution >= 4 is 5.97 Å². The number of imidazole rings is 1. The molecule has 0 saturated heterocycles. The third-order valence-electron chi connectivity index (χ3n) is 2.77. The molecule has 1 heterocycles. The van der Waals surface area contributed by atoms with E-state index in [1.165, 1.54) is 25.7 Å². The van der Waals surface area contributed by atoms with Crippen molar-refractivity contribution in [3.05, 3.63) is 17.7 Å². The molecule has 3 N–H and O–H groups in total. The molecule has 1 saturated carbocycles. The van der Waals surface area contributed by atoms with Gasteiger partial charge in [-0.05, 0) is 12.8 Å². The van der Waals surface area contributed by atoms with Gasteiger partial charge in [-0.1, -0.05) is 12.8 Å². The van der Waals surface area contributed by atoms with Crippen molar-refractivity contribution in [3.8, 4) is 0 Å². The third kappa shape index (κ3) is 2.56. The highest BCUT2D eigenvalue weighted by Crippen LogP contribution is 2.17. The van der Waals surface area contributed by atoms with Gasteiger partial charge in [0.2, 0.25) is 5.82 Å². The number of hydrogen-bond donors (Lipinski definition) is 3. The summed E-state index contributed by atoms with van der Waals surface area (Å²) < 4.78 is 0. The maximum absolute atomic E-state index is 10.6. The molecule has 82 valence electrons. The monoisotopic (exact) mass is 209 g/mol. The van der Waals surface area contributed by atoms with E-state index < -0.39 is 5.97 Å². The molecular weight excluding hydrogens is 194 g/mol. The number of aromatic nitrogens is 2. The lowest BCUT2D eigenvalue weighted by molar-refractivity contribution is 0.0684. The van der Waals surface area contributed by atoms with E-state index in [-0.39, 0.29) is 5.82 Å². The SMILES string of the molecule is O=C(O)c1ncc(CNC2CCCC2)[nH]1. The van der Waals surface area contributed by atoms with Crippen LogP contribution in [0.3, 0.4) is 0 Å². The molecule has 0 aliphatic heterocycles. The van der Waals surface area contributed by atoms with E-state index in [4.69, 9.17) is 5.11 Å². The van der Waals surface area contributed by atoms with Crippen molar-refractivity contribution < 1.29 is 9.90 Å². The first-order valence-electron chi connectivity index (χ1n) is 5.26. The van der Waals surface area contributed by atoms with E-state index in [1.807, 2.05) is 0 Å². The average Bonchev–Trinajstić information content (AvgIpc) is 2.86. The molecule has 15 heavy (non-hydrogen) atoms. The number of hydrogen-bond acceptors (Lipinski definition) is 3. The summed E-state index contributed by atoms with van der Waals surface area (Å²) in [4.78, 5) is 17.1. The van der Waals surface area contributed by atoms with Crippen molar-refractivity contribution in [3.63, 3.8) is 0 Å². The van der Waals surface area contributed by atoms with Crippen LogP contribution in [0.5, 0.6) is 0 Å². The number of aromatic amines is 1. The molecule has 0 amide bonds. The van der Waals surface area contributed by atoms with Gasteiger partial charge in [-0.25, -0.2) is 9.78 Å². The van der Waals surface area contributed by atoms with Crippen molar-refractivity contribution in [1.29, 1.82) is 0 Å². The standard InChI is InChI=1S/C10H15N3O2/c14-10(15)9-12-6-8(13-9)5-11-7-3-1-2-4-7/h6-7,11H,1-5H2,(H,12,13)(H,14,15). The quantitative estimate of drug-likeness (QED) is 0.694. The van der Waals surface area contributed by atoms with E-state index in [0.29, 0.717) is 12.6 Å². The van der Waals surface area contributed by atoms with Crippen LogP contribution in [0, 0.1) is 0 Å². The number of aromatic carboxylic acids is 1. The third-order valence-corrected chi connectivity index (χ3v) is 2.77. The van der Waals surface area contributed by atoms with Crippen LogP contribution >= 0.6 is 0 Å². The zero-order chi connectivity index (χ0) is 10.7. The molecule has 1 aromatic heterocycles. The van der Waals surface area contributed by atoms with Crippen molar-refractivity contribution in [2.75, 3.05) is 0 Å². The first-order chi connectivity index (χ1) is 7.25. The Bertz CT molecular complexity index is 342. The minimum absolute atomic E-state index is 0.0122. The van der Waals surface area contributed by atoms with E-state index in [9.17, 15) is 4.79 Å². The Morgan fingerprint density at radius 2 is 2.33 bits per heavy atom. The predicted molar refractivity (Wildman–Crippen MR) is 54.6 cm³/mol. The maximum atomic E-state index is 10.6. The minimum atomic E-state index is -1.01. The molecule has 0 spiro atoms. The topological polar surface area (TPSA) is 78.0 Å². The first kappa shape index (κ1) is 10.2. The molecule has 1 aliphatic rings. The van der Waals surface area contributed by atoms with Crippen LogP contribution < -0.4 is 5.32 Å². The molecule has 0 atom stereocenters. The number of carboxylic acids is 1. The van der Waals surface area contributed by atoms with Crippen molar-refractivity contribution in [1.82, 2.24) is 15.3 Å². The largest absolute Gasteiger partial charge is 0.475 e. The highest BCUT2D eigenvalue weighted by molar-refractivity contribution is 5.83. The molecule has 5 nitrogen and oxygen atoms in total. The van der Waals surface area contributed by atoms with Gasteiger partial charge in [0.05, 0.1) is 6.20 Å². The fraction of sp³-hybridized carbons (Fsp3) is 0.600. The zero-order valence-corrected chi connectivity index (χ0v) is 8.49. The van der Waals surface area contributed by atoms with Crippen molar-refractivity contribution in [2.24, 2.45) is 0 Å². The van der Waals surface area contributed by atoms with Gasteiger partial charge < -0.3 is 15.4 Å². The predicted octanol–water partition coefficient (Wildman–Crippen LogP) is 1.14. The normalized spacial score (nSPS) is 17.1. The summed E-state index contributed by atoms with van der Waals surface area (Å²) in [5, 5.41) is 12.0. The van der Waals surface area contributed by atoms with Crippen LogP contribution in [0.1, 0.15) is 42.0 Å². The van der Waals surface area contributed by atoms with Crippen LogP contribution in [0.2, 0.25) is 0 Å². The van der Waals surface area contributed by atoms with Gasteiger partial charge in [0.1, 0.15) is 0 Å². The second kappa shape index (κ2) is 4.44. The molecule has 1 aromatic rings. The average molecular weight is 209 g/mol. The number of carbonyl (C=O) groups is 1. The van der Waals surface area contributed by atoms with E-state index in [1.54, 1.807) is 6.20 Å². The highest BCUT2D eigenvalue weighted by Gasteiger charge is 2.14. The number of rotatable bonds is 4. The molecule has 0 bridgehead atoms. The summed E-state index contributed by atoms with van der Waals surface area (Å²) in [5.41, 5.74) is 0.833. The van der Waals surface area contributed by atoms with Gasteiger partial charge in [-0.2, -0.15) is 0 Å². The minimum Gasteiger partial charge on any atom is -0.475 e. The highest BCUT2D eigenvalue weighted by atomic mass is 16.4. The van der Waals surface area contributed by atoms with E-state index in [0.717, 1.165) is 5.69 Å². The Kier molecular flexibility index (Phi) is 3.01. The molecule has 2 rings (SSSR count). The van der Waals surface area contributed by atoms with Crippen LogP contribution in [0.15, 0.2) is 6.20 Å². The summed E-state index contributed by atoms with van der Waals surface area (Å²) >= 11 is 0. The van der Waals surface area contributed by atoms with Gasteiger partial charge in [0.15, 0.2) is 0 Å². The summed E-state index contributed by atoms with van der Waals surface area (Å²) in [6.45, 7) is 0.672. The maximum Gasteiger partial charge on any atom is 0.371 e. The first-order valence-corrected chi connectivity index (χ1v) is 5.26. The number of nitrogens with one attached hydrogen (secondary N) is 2. The number of carboxylic acid groups (broad SMARTS) is 1. The zero-order valence-electron chi connectivity index (χ0n) is 8.49. The molecule has 0 aromatic carbocycles. The lowest BCUT2D eigenvalue weighted by atomic mass is 10.2. The lowest BCUT2D eigenvalue weighted by Gasteiger charge is -2.09. The summed E-state index contributed by atoms with van der Waals surface area (Å²) in [6, 6.07) is 0.585. The van der Waals surface area contributed by atoms with Crippen LogP contribution in [0.4, 0.5) is 0 Å². The molecule has 0 radical (unpaired) electrons. The van der Waals surface area contributed by atoms with Crippen LogP contribution in [0.25, 0.3) is 0 Å². The van der Waals surface area contributed by atoms with Crippen LogP contribution in [-0.4, -0.2) is 27.1 Å². The van der Waals surface area contributed by atoms with Gasteiger partial charge in [0.25, 0.3) is 0 Å². The Morgan fingerprint density at radius 3 is 2.93 bits per heavy atom. The number of nitrogens with zero attached hydrogens (tertiary/aromatic N) is 1. The summed E-state index contributed by atoms with van der Waals surface area (Å²) in [6.07, 6.45) is 6.60. The molecular formula is C10H15N3O2. The van der Waals surface area contributed by atoms with E-state index in [2.05, 4.69) is 15.3 Å². The van der Waals surface area contributed by atoms with E-state index >= 15 is 0 Å². The van der Waals surface area contributed by atoms with Gasteiger partial charge in [-0.15, -0.1) is 0 Å². The Labute approximate surface area is 87.9 Å². The molecule has 1 fully saturated rings. The Balaban J connectivity index is 1.84. The lowest BCUT2D eigenvalue weighted by Crippen LogP contribution is -2.25. The Morgan fingerprint density at radius 1 is 1.60 bits per heavy atom. The van der Waals surface area contributed by atoms with Crippen molar-refractivity contribution in [2.45, 2.75) is 38.3 Å². The second-order valence-electron chi connectivity index (χ2n) is 3.92. The second-order valence-corrected chi connectivity index (χ2v) is 3.92. The fourth-order valence-electron chi connectivity index (χ4n) is 1.94. The van der Waals surface area contributed by atoms with Crippen LogP contribution in [-0.2, 0) is 6.54 Å². The van der Waals surface area contributed by atoms with Gasteiger partial charge in [-0.3, -0.25) is 0 Å². The number of H-pyrrole nitrogens is 1. The van der Waals surface area contributed by atoms with Gasteiger partial charge >= 0.3 is 5.97 Å². The van der Waals surface area contributed by atoms with Gasteiger partial charge in [0, 0.05) is 18.3 Å². The fourth-order valence-corrected chi connectivity index (χ4v) is 1.94. The Hall–Kier alpha value is -1.36. The summed E-state index contributed by atoms with van der Waals surface area (Å²) in [7, 11) is 0. The molecule has 1 aliphatic carbocycles. The molecule has 5 heteroatoms. The summed E-state index contributed by atoms with van der Waals surface area (Å²) in [5.74, 6) is -1.000.